The van der Waals surface area contributed by atoms with Crippen LogP contribution in [0, 0.1) is 23.2 Å². The molecule has 0 amide bonds. The summed E-state index contributed by atoms with van der Waals surface area (Å²) in [5.41, 5.74) is 5.68. The van der Waals surface area contributed by atoms with Gasteiger partial charge in [0.25, 0.3) is 0 Å². The predicted octanol–water partition coefficient (Wildman–Crippen LogP) is 5.81. The van der Waals surface area contributed by atoms with Gasteiger partial charge in [-0.3, -0.25) is 0 Å². The van der Waals surface area contributed by atoms with Crippen LogP contribution in [0.4, 0.5) is 0 Å². The van der Waals surface area contributed by atoms with Gasteiger partial charge >= 0.3 is 0 Å². The van der Waals surface area contributed by atoms with Gasteiger partial charge in [0.05, 0.1) is 12.2 Å². The van der Waals surface area contributed by atoms with Gasteiger partial charge in [0.2, 0.25) is 0 Å². The van der Waals surface area contributed by atoms with Gasteiger partial charge in [-0.05, 0) is 87.5 Å². The van der Waals surface area contributed by atoms with E-state index in [-0.39, 0.29) is 5.60 Å². The molecule has 1 spiro atoms. The molecule has 1 heteroatoms. The van der Waals surface area contributed by atoms with E-state index < -0.39 is 0 Å². The number of allylic oxidation sites excluding steroid dienone is 2. The second kappa shape index (κ2) is 4.97. The molecule has 5 rings (SSSR count). The van der Waals surface area contributed by atoms with Crippen LogP contribution in [0.25, 0.3) is 0 Å². The van der Waals surface area contributed by atoms with Crippen molar-refractivity contribution in [3.8, 4) is 0 Å². The monoisotopic (exact) mass is 312 g/mol. The van der Waals surface area contributed by atoms with E-state index in [1.165, 1.54) is 69.8 Å². The van der Waals surface area contributed by atoms with Crippen LogP contribution in [0.1, 0.15) is 77.6 Å². The van der Waals surface area contributed by atoms with Crippen LogP contribution in [0.5, 0.6) is 0 Å². The third kappa shape index (κ3) is 1.78. The fourth-order valence-electron chi connectivity index (χ4n) is 7.57. The minimum atomic E-state index is 0.0390. The van der Waals surface area contributed by atoms with Gasteiger partial charge in [0.15, 0.2) is 0 Å². The Hall–Kier alpha value is -0.560. The van der Waals surface area contributed by atoms with E-state index in [0.717, 1.165) is 30.8 Å². The topological polar surface area (TPSA) is 9.23 Å². The molecule has 3 saturated carbocycles. The third-order valence-corrected chi connectivity index (χ3v) is 8.70. The van der Waals surface area contributed by atoms with Crippen molar-refractivity contribution in [2.75, 3.05) is 6.61 Å². The summed E-state index contributed by atoms with van der Waals surface area (Å²) in [4.78, 5) is 0. The van der Waals surface area contributed by atoms with Crippen LogP contribution in [0.15, 0.2) is 23.3 Å². The van der Waals surface area contributed by atoms with Crippen molar-refractivity contribution < 1.29 is 4.74 Å². The largest absolute Gasteiger partial charge is 0.370 e. The first kappa shape index (κ1) is 14.8. The lowest BCUT2D eigenvalue weighted by atomic mass is 9.53. The molecule has 1 heterocycles. The van der Waals surface area contributed by atoms with Gasteiger partial charge in [-0.15, -0.1) is 0 Å². The molecule has 0 aromatic heterocycles. The molecule has 4 fully saturated rings. The Morgan fingerprint density at radius 1 is 0.957 bits per heavy atom. The molecule has 0 radical (unpaired) electrons. The van der Waals surface area contributed by atoms with Crippen LogP contribution in [-0.2, 0) is 4.74 Å². The molecule has 23 heavy (non-hydrogen) atoms. The van der Waals surface area contributed by atoms with Gasteiger partial charge in [0.1, 0.15) is 0 Å². The molecule has 1 aliphatic heterocycles. The Labute approximate surface area is 141 Å². The van der Waals surface area contributed by atoms with E-state index in [2.05, 4.69) is 13.5 Å². The van der Waals surface area contributed by atoms with Crippen molar-refractivity contribution in [2.24, 2.45) is 23.2 Å². The number of hydrogen-bond donors (Lipinski definition) is 0. The zero-order valence-corrected chi connectivity index (χ0v) is 14.8. The number of rotatable bonds is 0. The van der Waals surface area contributed by atoms with Gasteiger partial charge in [-0.1, -0.05) is 31.1 Å². The summed E-state index contributed by atoms with van der Waals surface area (Å²) in [5, 5.41) is 0. The zero-order chi connectivity index (χ0) is 15.7. The molecular formula is C22H32O. The summed E-state index contributed by atoms with van der Waals surface area (Å²) in [6.07, 6.45) is 15.2. The maximum Gasteiger partial charge on any atom is 0.0946 e. The van der Waals surface area contributed by atoms with E-state index in [1.807, 2.05) is 11.1 Å². The van der Waals surface area contributed by atoms with Gasteiger partial charge in [-0.2, -0.15) is 0 Å². The maximum atomic E-state index is 6.46. The highest BCUT2D eigenvalue weighted by atomic mass is 16.5. The fourth-order valence-corrected chi connectivity index (χ4v) is 7.57. The average molecular weight is 312 g/mol. The lowest BCUT2D eigenvalue weighted by Crippen LogP contribution is -2.50. The number of fused-ring (bicyclic) bond motifs is 5. The third-order valence-electron chi connectivity index (χ3n) is 8.70. The maximum absolute atomic E-state index is 6.46. The minimum absolute atomic E-state index is 0.0390. The fraction of sp³-hybridized carbons (Fsp3) is 0.818. The Kier molecular flexibility index (Phi) is 3.19. The summed E-state index contributed by atoms with van der Waals surface area (Å²) in [6.45, 7) is 7.94. The van der Waals surface area contributed by atoms with E-state index in [0.29, 0.717) is 5.41 Å². The Bertz CT molecular complexity index is 573. The average Bonchev–Trinajstić information content (AvgIpc) is 3.09. The lowest BCUT2D eigenvalue weighted by Gasteiger charge is -2.53. The zero-order valence-electron chi connectivity index (χ0n) is 14.8. The highest BCUT2D eigenvalue weighted by Crippen LogP contribution is 2.67. The number of hydrogen-bond acceptors (Lipinski definition) is 1. The molecule has 4 aliphatic carbocycles. The Morgan fingerprint density at radius 2 is 1.87 bits per heavy atom. The van der Waals surface area contributed by atoms with E-state index >= 15 is 0 Å². The van der Waals surface area contributed by atoms with Crippen molar-refractivity contribution in [1.29, 1.82) is 0 Å². The van der Waals surface area contributed by atoms with Gasteiger partial charge in [-0.25, -0.2) is 0 Å². The van der Waals surface area contributed by atoms with Crippen molar-refractivity contribution in [3.05, 3.63) is 23.3 Å². The lowest BCUT2D eigenvalue weighted by molar-refractivity contribution is -0.0850. The van der Waals surface area contributed by atoms with Crippen molar-refractivity contribution in [1.82, 2.24) is 0 Å². The second-order valence-corrected chi connectivity index (χ2v) is 9.27. The summed E-state index contributed by atoms with van der Waals surface area (Å²) >= 11 is 0. The Morgan fingerprint density at radius 3 is 2.70 bits per heavy atom. The molecule has 0 bridgehead atoms. The smallest absolute Gasteiger partial charge is 0.0946 e. The summed E-state index contributed by atoms with van der Waals surface area (Å²) in [6, 6.07) is 0. The molecule has 1 nitrogen and oxygen atoms in total. The van der Waals surface area contributed by atoms with Gasteiger partial charge in [0, 0.05) is 5.41 Å². The molecule has 0 aromatic carbocycles. The summed E-state index contributed by atoms with van der Waals surface area (Å²) < 4.78 is 6.46. The quantitative estimate of drug-likeness (QED) is 0.513. The standard InChI is InChI=1S/C22H32O/c1-15-11-14-23-22(15)13-10-20-19-8-7-16-5-3-4-6-17(16)18(19)9-12-21(20,22)2/h16,19-20H,1,3-14H2,2H3/t16?,19-,20+,21+,22+/m1/s1. The first-order chi connectivity index (χ1) is 11.2. The first-order valence-corrected chi connectivity index (χ1v) is 10.2. The van der Waals surface area contributed by atoms with Crippen LogP contribution < -0.4 is 0 Å². The van der Waals surface area contributed by atoms with E-state index in [9.17, 15) is 0 Å². The van der Waals surface area contributed by atoms with Crippen molar-refractivity contribution in [3.63, 3.8) is 0 Å². The molecule has 1 saturated heterocycles. The first-order valence-electron chi connectivity index (χ1n) is 10.2. The van der Waals surface area contributed by atoms with Crippen LogP contribution in [-0.4, -0.2) is 12.2 Å². The second-order valence-electron chi connectivity index (χ2n) is 9.27. The SMILES string of the molecule is C=C1CCO[C@@]12CC[C@H]1[C@@H]3CCC4CCCCC4=C3CC[C@@]12C. The molecule has 0 N–H and O–H groups in total. The summed E-state index contributed by atoms with van der Waals surface area (Å²) in [7, 11) is 0. The van der Waals surface area contributed by atoms with Gasteiger partial charge < -0.3 is 4.74 Å². The molecule has 5 aliphatic rings. The minimum Gasteiger partial charge on any atom is -0.370 e. The highest BCUT2D eigenvalue weighted by molar-refractivity contribution is 5.34. The van der Waals surface area contributed by atoms with E-state index in [4.69, 9.17) is 4.74 Å². The van der Waals surface area contributed by atoms with Crippen LogP contribution >= 0.6 is 0 Å². The normalized spacial score (nSPS) is 49.3. The predicted molar refractivity (Wildman–Crippen MR) is 94.2 cm³/mol. The molecule has 126 valence electrons. The molecule has 5 atom stereocenters. The molecule has 0 aromatic rings. The number of ether oxygens (including phenoxy) is 1. The van der Waals surface area contributed by atoms with Crippen LogP contribution in [0.2, 0.25) is 0 Å². The molecule has 1 unspecified atom stereocenters. The highest BCUT2D eigenvalue weighted by Gasteiger charge is 2.64. The Balaban J connectivity index is 1.53. The van der Waals surface area contributed by atoms with Crippen molar-refractivity contribution >= 4 is 0 Å². The van der Waals surface area contributed by atoms with Crippen molar-refractivity contribution in [2.45, 2.75) is 83.2 Å². The summed E-state index contributed by atoms with van der Waals surface area (Å²) in [5.74, 6) is 2.71. The molecular weight excluding hydrogens is 280 g/mol. The van der Waals surface area contributed by atoms with E-state index in [1.54, 1.807) is 0 Å². The van der Waals surface area contributed by atoms with Crippen LogP contribution in [0.3, 0.4) is 0 Å².